The van der Waals surface area contributed by atoms with Gasteiger partial charge in [-0.3, -0.25) is 14.4 Å². The minimum Gasteiger partial charge on any atom is -0.508 e. The number of para-hydroxylation sites is 1. The number of esters is 1. The van der Waals surface area contributed by atoms with E-state index in [0.29, 0.717) is 0 Å². The minimum atomic E-state index is -1.27. The van der Waals surface area contributed by atoms with Gasteiger partial charge in [0, 0.05) is 23.5 Å². The van der Waals surface area contributed by atoms with E-state index >= 15 is 0 Å². The molecule has 0 radical (unpaired) electrons. The molecule has 11 heteroatoms. The molecule has 4 atom stereocenters. The average Bonchev–Trinajstić information content (AvgIpc) is 3.23. The number of carbonyl (C=O) groups excluding carboxylic acids is 1. The number of aromatic nitrogens is 1. The van der Waals surface area contributed by atoms with E-state index in [1.807, 2.05) is 24.3 Å². The molecule has 0 saturated heterocycles. The van der Waals surface area contributed by atoms with Gasteiger partial charge in [0.15, 0.2) is 0 Å². The van der Waals surface area contributed by atoms with Crippen LogP contribution >= 0.6 is 0 Å². The van der Waals surface area contributed by atoms with Crippen molar-refractivity contribution in [3.8, 4) is 5.75 Å². The quantitative estimate of drug-likeness (QED) is 0.210. The van der Waals surface area contributed by atoms with Crippen LogP contribution in [0.15, 0.2) is 54.7 Å². The van der Waals surface area contributed by atoms with Gasteiger partial charge < -0.3 is 42.2 Å². The molecule has 0 saturated carbocycles. The van der Waals surface area contributed by atoms with Crippen molar-refractivity contribution in [3.05, 3.63) is 65.9 Å². The highest BCUT2D eigenvalue weighted by Crippen LogP contribution is 2.19. The number of benzene rings is 2. The van der Waals surface area contributed by atoms with Gasteiger partial charge in [-0.05, 0) is 42.7 Å². The van der Waals surface area contributed by atoms with Crippen LogP contribution in [0.5, 0.6) is 5.75 Å². The Hall–Kier alpha value is -3.93. The molecule has 3 rings (SSSR count). The maximum atomic E-state index is 11.9. The van der Waals surface area contributed by atoms with Crippen molar-refractivity contribution in [1.29, 1.82) is 0 Å². The molecular weight excluding hydrogens is 456 g/mol. The number of carbonyl (C=O) groups is 3. The molecule has 1 aromatic heterocycles. The first-order chi connectivity index (χ1) is 16.5. The van der Waals surface area contributed by atoms with Gasteiger partial charge in [0.2, 0.25) is 0 Å². The van der Waals surface area contributed by atoms with E-state index in [1.54, 1.807) is 18.3 Å². The van der Waals surface area contributed by atoms with E-state index in [-0.39, 0.29) is 18.6 Å². The van der Waals surface area contributed by atoms with Crippen LogP contribution in [0.4, 0.5) is 0 Å². The zero-order valence-corrected chi connectivity index (χ0v) is 19.1. The van der Waals surface area contributed by atoms with E-state index in [9.17, 15) is 14.4 Å². The molecule has 0 aliphatic rings. The predicted molar refractivity (Wildman–Crippen MR) is 129 cm³/mol. The third-order valence-electron chi connectivity index (χ3n) is 5.22. The molecule has 0 aliphatic heterocycles. The first kappa shape index (κ1) is 27.3. The van der Waals surface area contributed by atoms with E-state index in [1.165, 1.54) is 19.1 Å². The summed E-state index contributed by atoms with van der Waals surface area (Å²) in [5, 5.41) is 27.2. The van der Waals surface area contributed by atoms with Crippen molar-refractivity contribution in [2.45, 2.75) is 44.0 Å². The third-order valence-corrected chi connectivity index (χ3v) is 5.22. The average molecular weight is 487 g/mol. The number of phenolic OH excluding ortho intramolecular Hbond substituents is 1. The van der Waals surface area contributed by atoms with Gasteiger partial charge in [-0.25, -0.2) is 0 Å². The lowest BCUT2D eigenvalue weighted by atomic mass is 10.1. The van der Waals surface area contributed by atoms with Crippen LogP contribution in [0.25, 0.3) is 10.9 Å². The van der Waals surface area contributed by atoms with Crippen LogP contribution in [-0.2, 0) is 32.0 Å². The smallest absolute Gasteiger partial charge is 0.324 e. The number of carboxylic acids is 2. The number of nitrogens with one attached hydrogen (secondary N) is 1. The summed E-state index contributed by atoms with van der Waals surface area (Å²) in [6, 6.07) is 10.9. The van der Waals surface area contributed by atoms with Gasteiger partial charge in [-0.2, -0.15) is 0 Å². The van der Waals surface area contributed by atoms with E-state index < -0.39 is 42.1 Å². The fourth-order valence-corrected chi connectivity index (χ4v) is 3.14. The molecule has 1 heterocycles. The van der Waals surface area contributed by atoms with Crippen molar-refractivity contribution < 1.29 is 34.4 Å². The normalized spacial score (nSPS) is 14.2. The van der Waals surface area contributed by atoms with Crippen molar-refractivity contribution in [2.24, 2.45) is 17.2 Å². The molecule has 10 N–H and O–H groups in total. The Morgan fingerprint density at radius 1 is 0.914 bits per heavy atom. The second-order valence-electron chi connectivity index (χ2n) is 7.99. The van der Waals surface area contributed by atoms with Gasteiger partial charge >= 0.3 is 17.9 Å². The fourth-order valence-electron chi connectivity index (χ4n) is 3.14. The van der Waals surface area contributed by atoms with Crippen molar-refractivity contribution >= 4 is 28.8 Å². The topological polar surface area (TPSA) is 215 Å². The highest BCUT2D eigenvalue weighted by Gasteiger charge is 2.26. The van der Waals surface area contributed by atoms with Crippen LogP contribution < -0.4 is 17.2 Å². The Morgan fingerprint density at radius 3 is 2.14 bits per heavy atom. The second-order valence-corrected chi connectivity index (χ2v) is 7.99. The maximum absolute atomic E-state index is 11.9. The third kappa shape index (κ3) is 8.10. The van der Waals surface area contributed by atoms with Gasteiger partial charge in [-0.1, -0.05) is 30.3 Å². The number of carboxylic acid groups (broad SMARTS) is 2. The van der Waals surface area contributed by atoms with E-state index in [4.69, 9.17) is 37.3 Å². The summed E-state index contributed by atoms with van der Waals surface area (Å²) in [6.45, 7) is 1.43. The first-order valence-corrected chi connectivity index (χ1v) is 10.7. The molecule has 0 aliphatic carbocycles. The number of hydrogen-bond donors (Lipinski definition) is 7. The standard InChI is InChI=1S/C15H19N3O4.C9H11NO3/c1-8(13(17)14(19)20)22-15(21)11(16)6-9-7-18-12-5-3-2-4-10(9)12;10-8(9(12)13)5-6-1-3-7(11)4-2-6/h2-5,7-8,11,13,18H,6,16-17H2,1H3,(H,19,20);1-4,8,11H,5,10H2,(H,12,13)/t8-,11+,13+;8-/m10/s1. The summed E-state index contributed by atoms with van der Waals surface area (Å²) in [4.78, 5) is 36.2. The van der Waals surface area contributed by atoms with Crippen molar-refractivity contribution in [1.82, 2.24) is 4.98 Å². The van der Waals surface area contributed by atoms with Gasteiger partial charge in [0.05, 0.1) is 0 Å². The number of hydrogen-bond acceptors (Lipinski definition) is 8. The summed E-state index contributed by atoms with van der Waals surface area (Å²) in [5.41, 5.74) is 19.2. The molecule has 0 spiro atoms. The molecule has 11 nitrogen and oxygen atoms in total. The van der Waals surface area contributed by atoms with Gasteiger partial charge in [-0.15, -0.1) is 0 Å². The first-order valence-electron chi connectivity index (χ1n) is 10.7. The molecule has 0 bridgehead atoms. The van der Waals surface area contributed by atoms with E-state index in [0.717, 1.165) is 22.0 Å². The molecule has 188 valence electrons. The molecular formula is C24H30N4O7. The van der Waals surface area contributed by atoms with Crippen molar-refractivity contribution in [2.75, 3.05) is 0 Å². The van der Waals surface area contributed by atoms with Crippen LogP contribution in [0.1, 0.15) is 18.1 Å². The van der Waals surface area contributed by atoms with E-state index in [2.05, 4.69) is 4.98 Å². The largest absolute Gasteiger partial charge is 0.508 e. The number of aromatic hydroxyl groups is 1. The zero-order valence-electron chi connectivity index (χ0n) is 19.1. The Kier molecular flexibility index (Phi) is 9.76. The number of aliphatic carboxylic acids is 2. The Labute approximate surface area is 201 Å². The van der Waals surface area contributed by atoms with Crippen LogP contribution in [-0.4, -0.2) is 62.4 Å². The number of rotatable bonds is 9. The molecule has 0 fully saturated rings. The van der Waals surface area contributed by atoms with Gasteiger partial charge in [0.25, 0.3) is 0 Å². The lowest BCUT2D eigenvalue weighted by Crippen LogP contribution is -2.45. The van der Waals surface area contributed by atoms with Crippen LogP contribution in [0, 0.1) is 0 Å². The number of aromatic amines is 1. The monoisotopic (exact) mass is 486 g/mol. The van der Waals surface area contributed by atoms with Gasteiger partial charge in [0.1, 0.15) is 30.0 Å². The number of fused-ring (bicyclic) bond motifs is 1. The zero-order chi connectivity index (χ0) is 26.1. The lowest BCUT2D eigenvalue weighted by molar-refractivity contribution is -0.154. The molecule has 3 aromatic rings. The Balaban J connectivity index is 0.000000283. The summed E-state index contributed by atoms with van der Waals surface area (Å²) in [6.07, 6.45) is 1.41. The van der Waals surface area contributed by atoms with Crippen LogP contribution in [0.2, 0.25) is 0 Å². The fraction of sp³-hybridized carbons (Fsp3) is 0.292. The number of phenols is 1. The Morgan fingerprint density at radius 2 is 1.54 bits per heavy atom. The maximum Gasteiger partial charge on any atom is 0.324 e. The summed E-state index contributed by atoms with van der Waals surface area (Å²) in [7, 11) is 0. The summed E-state index contributed by atoms with van der Waals surface area (Å²) in [5.74, 6) is -2.76. The second kappa shape index (κ2) is 12.5. The van der Waals surface area contributed by atoms with Crippen LogP contribution in [0.3, 0.4) is 0 Å². The molecule has 2 aromatic carbocycles. The lowest BCUT2D eigenvalue weighted by Gasteiger charge is -2.19. The summed E-state index contributed by atoms with van der Waals surface area (Å²) < 4.78 is 5.02. The Bertz CT molecular complexity index is 1150. The molecule has 35 heavy (non-hydrogen) atoms. The highest BCUT2D eigenvalue weighted by molar-refractivity contribution is 5.84. The summed E-state index contributed by atoms with van der Waals surface area (Å²) >= 11 is 0. The number of nitrogens with two attached hydrogens (primary N) is 3. The van der Waals surface area contributed by atoms with Crippen molar-refractivity contribution in [3.63, 3.8) is 0 Å². The molecule has 0 amide bonds. The number of ether oxygens (including phenoxy) is 1. The SMILES string of the molecule is C[C@@H](OC(=O)[C@@H](N)Cc1c[nH]c2ccccc12)[C@H](N)C(=O)O.N[C@@H](Cc1ccc(O)cc1)C(=O)O. The number of H-pyrrole nitrogens is 1. The predicted octanol–water partition coefficient (Wildman–Crippen LogP) is 0.728. The minimum absolute atomic E-state index is 0.160. The highest BCUT2D eigenvalue weighted by atomic mass is 16.5. The molecule has 0 unspecified atom stereocenters.